The highest BCUT2D eigenvalue weighted by Gasteiger charge is 2.14. The van der Waals surface area contributed by atoms with Crippen molar-refractivity contribution in [2.75, 3.05) is 32.1 Å². The molecule has 1 heterocycles. The molecule has 0 aromatic heterocycles. The Labute approximate surface area is 113 Å². The van der Waals surface area contributed by atoms with Crippen LogP contribution >= 0.6 is 0 Å². The third-order valence-electron chi connectivity index (χ3n) is 3.49. The monoisotopic (exact) mass is 264 g/mol. The predicted octanol–water partition coefficient (Wildman–Crippen LogP) is 1.80. The van der Waals surface area contributed by atoms with Crippen LogP contribution in [0.15, 0.2) is 18.2 Å². The molecule has 0 unspecified atom stereocenters. The summed E-state index contributed by atoms with van der Waals surface area (Å²) in [4.78, 5) is 11.0. The Balaban J connectivity index is 2.04. The number of methoxy groups -OCH3 is 1. The molecule has 0 aliphatic carbocycles. The Morgan fingerprint density at radius 1 is 1.47 bits per heavy atom. The van der Waals surface area contributed by atoms with Gasteiger partial charge in [0, 0.05) is 6.54 Å². The number of carbonyl (C=O) groups is 1. The summed E-state index contributed by atoms with van der Waals surface area (Å²) in [6.45, 7) is 2.96. The molecular formula is C14H20N2O3. The zero-order valence-corrected chi connectivity index (χ0v) is 11.1. The average molecular weight is 264 g/mol. The lowest BCUT2D eigenvalue weighted by Gasteiger charge is -2.23. The number of hydrogen-bond acceptors (Lipinski definition) is 4. The minimum Gasteiger partial charge on any atom is -0.495 e. The van der Waals surface area contributed by atoms with Crippen LogP contribution in [0.5, 0.6) is 5.75 Å². The van der Waals surface area contributed by atoms with E-state index in [-0.39, 0.29) is 5.56 Å². The zero-order chi connectivity index (χ0) is 13.7. The topological polar surface area (TPSA) is 70.6 Å². The number of carboxylic acids is 1. The molecule has 1 saturated heterocycles. The number of benzene rings is 1. The van der Waals surface area contributed by atoms with Crippen LogP contribution in [0.3, 0.4) is 0 Å². The molecule has 2 rings (SSSR count). The molecule has 0 atom stereocenters. The smallest absolute Gasteiger partial charge is 0.335 e. The molecule has 104 valence electrons. The minimum atomic E-state index is -0.924. The summed E-state index contributed by atoms with van der Waals surface area (Å²) in [7, 11) is 1.59. The maximum atomic E-state index is 11.0. The van der Waals surface area contributed by atoms with E-state index >= 15 is 0 Å². The van der Waals surface area contributed by atoms with E-state index in [1.54, 1.807) is 25.3 Å². The van der Waals surface area contributed by atoms with Gasteiger partial charge in [-0.3, -0.25) is 0 Å². The van der Waals surface area contributed by atoms with Crippen LogP contribution in [0.25, 0.3) is 0 Å². The molecule has 19 heavy (non-hydrogen) atoms. The van der Waals surface area contributed by atoms with Gasteiger partial charge in [0.25, 0.3) is 0 Å². The summed E-state index contributed by atoms with van der Waals surface area (Å²) >= 11 is 0. The molecular weight excluding hydrogens is 244 g/mol. The summed E-state index contributed by atoms with van der Waals surface area (Å²) in [5, 5.41) is 15.7. The van der Waals surface area contributed by atoms with E-state index in [0.29, 0.717) is 11.7 Å². The third-order valence-corrected chi connectivity index (χ3v) is 3.49. The average Bonchev–Trinajstić information content (AvgIpc) is 2.45. The molecule has 1 aromatic rings. The fraction of sp³-hybridized carbons (Fsp3) is 0.500. The predicted molar refractivity (Wildman–Crippen MR) is 74.0 cm³/mol. The van der Waals surface area contributed by atoms with Crippen molar-refractivity contribution in [1.82, 2.24) is 5.32 Å². The van der Waals surface area contributed by atoms with Gasteiger partial charge in [-0.1, -0.05) is 0 Å². The number of carboxylic acid groups (broad SMARTS) is 1. The fourth-order valence-electron chi connectivity index (χ4n) is 2.32. The van der Waals surface area contributed by atoms with Gasteiger partial charge in [0.1, 0.15) is 5.75 Å². The Kier molecular flexibility index (Phi) is 4.63. The molecule has 0 bridgehead atoms. The zero-order valence-electron chi connectivity index (χ0n) is 11.1. The van der Waals surface area contributed by atoms with E-state index in [4.69, 9.17) is 9.84 Å². The highest BCUT2D eigenvalue weighted by atomic mass is 16.5. The van der Waals surface area contributed by atoms with Crippen molar-refractivity contribution in [3.05, 3.63) is 23.8 Å². The molecule has 1 aliphatic rings. The summed E-state index contributed by atoms with van der Waals surface area (Å²) in [5.74, 6) is 0.381. The quantitative estimate of drug-likeness (QED) is 0.756. The van der Waals surface area contributed by atoms with Crippen LogP contribution in [0.2, 0.25) is 0 Å². The molecule has 1 fully saturated rings. The molecule has 1 aliphatic heterocycles. The summed E-state index contributed by atoms with van der Waals surface area (Å²) in [6.07, 6.45) is 2.29. The number of aromatic carboxylic acids is 1. The second-order valence-corrected chi connectivity index (χ2v) is 4.79. The standard InChI is InChI=1S/C14H20N2O3/c1-19-13-3-2-11(14(17)18)8-12(13)16-9-10-4-6-15-7-5-10/h2-3,8,10,15-16H,4-7,9H2,1H3,(H,17,18). The summed E-state index contributed by atoms with van der Waals surface area (Å²) in [5.41, 5.74) is 1.02. The van der Waals surface area contributed by atoms with Crippen LogP contribution in [0.1, 0.15) is 23.2 Å². The first-order valence-electron chi connectivity index (χ1n) is 6.56. The Morgan fingerprint density at radius 2 is 2.21 bits per heavy atom. The Bertz CT molecular complexity index is 442. The maximum absolute atomic E-state index is 11.0. The number of rotatable bonds is 5. The molecule has 0 saturated carbocycles. The van der Waals surface area contributed by atoms with Crippen LogP contribution in [-0.2, 0) is 0 Å². The summed E-state index contributed by atoms with van der Waals surface area (Å²) in [6, 6.07) is 4.87. The van der Waals surface area contributed by atoms with E-state index in [1.165, 1.54) is 0 Å². The molecule has 3 N–H and O–H groups in total. The Hall–Kier alpha value is -1.75. The van der Waals surface area contributed by atoms with Crippen LogP contribution in [0.4, 0.5) is 5.69 Å². The van der Waals surface area contributed by atoms with Gasteiger partial charge in [-0.25, -0.2) is 4.79 Å². The van der Waals surface area contributed by atoms with Crippen molar-refractivity contribution < 1.29 is 14.6 Å². The normalized spacial score (nSPS) is 16.1. The van der Waals surface area contributed by atoms with Gasteiger partial charge < -0.3 is 20.5 Å². The highest BCUT2D eigenvalue weighted by molar-refractivity contribution is 5.89. The third kappa shape index (κ3) is 3.61. The molecule has 5 heteroatoms. The van der Waals surface area contributed by atoms with Gasteiger partial charge in [0.15, 0.2) is 0 Å². The molecule has 0 amide bonds. The van der Waals surface area contributed by atoms with Gasteiger partial charge in [-0.05, 0) is 50.0 Å². The number of piperidine rings is 1. The first kappa shape index (κ1) is 13.7. The van der Waals surface area contributed by atoms with E-state index in [0.717, 1.165) is 38.2 Å². The van der Waals surface area contributed by atoms with Crippen molar-refractivity contribution in [2.45, 2.75) is 12.8 Å². The fourth-order valence-corrected chi connectivity index (χ4v) is 2.32. The number of anilines is 1. The number of nitrogens with one attached hydrogen (secondary N) is 2. The van der Waals surface area contributed by atoms with Crippen molar-refractivity contribution in [3.63, 3.8) is 0 Å². The summed E-state index contributed by atoms with van der Waals surface area (Å²) < 4.78 is 5.25. The first-order valence-corrected chi connectivity index (χ1v) is 6.56. The second kappa shape index (κ2) is 6.43. The van der Waals surface area contributed by atoms with E-state index in [2.05, 4.69) is 10.6 Å². The Morgan fingerprint density at radius 3 is 2.84 bits per heavy atom. The minimum absolute atomic E-state index is 0.272. The van der Waals surface area contributed by atoms with Gasteiger partial charge in [0.2, 0.25) is 0 Å². The van der Waals surface area contributed by atoms with Crippen LogP contribution in [0, 0.1) is 5.92 Å². The lowest BCUT2D eigenvalue weighted by Crippen LogP contribution is -2.31. The number of ether oxygens (including phenoxy) is 1. The molecule has 0 spiro atoms. The largest absolute Gasteiger partial charge is 0.495 e. The van der Waals surface area contributed by atoms with Gasteiger partial charge in [-0.2, -0.15) is 0 Å². The van der Waals surface area contributed by atoms with E-state index < -0.39 is 5.97 Å². The van der Waals surface area contributed by atoms with E-state index in [1.807, 2.05) is 0 Å². The van der Waals surface area contributed by atoms with Crippen molar-refractivity contribution in [3.8, 4) is 5.75 Å². The molecule has 1 aromatic carbocycles. The molecule has 5 nitrogen and oxygen atoms in total. The first-order chi connectivity index (χ1) is 9.20. The SMILES string of the molecule is COc1ccc(C(=O)O)cc1NCC1CCNCC1. The molecule has 0 radical (unpaired) electrons. The van der Waals surface area contributed by atoms with Crippen LogP contribution < -0.4 is 15.4 Å². The van der Waals surface area contributed by atoms with Gasteiger partial charge >= 0.3 is 5.97 Å². The van der Waals surface area contributed by atoms with Gasteiger partial charge in [0.05, 0.1) is 18.4 Å². The van der Waals surface area contributed by atoms with Crippen molar-refractivity contribution in [1.29, 1.82) is 0 Å². The lowest BCUT2D eigenvalue weighted by atomic mass is 9.98. The second-order valence-electron chi connectivity index (χ2n) is 4.79. The van der Waals surface area contributed by atoms with E-state index in [9.17, 15) is 4.79 Å². The van der Waals surface area contributed by atoms with Crippen molar-refractivity contribution >= 4 is 11.7 Å². The highest BCUT2D eigenvalue weighted by Crippen LogP contribution is 2.26. The maximum Gasteiger partial charge on any atom is 0.335 e. The number of hydrogen-bond donors (Lipinski definition) is 3. The van der Waals surface area contributed by atoms with Gasteiger partial charge in [-0.15, -0.1) is 0 Å². The van der Waals surface area contributed by atoms with Crippen LogP contribution in [-0.4, -0.2) is 37.8 Å². The lowest BCUT2D eigenvalue weighted by molar-refractivity contribution is 0.0697. The van der Waals surface area contributed by atoms with Crippen molar-refractivity contribution in [2.24, 2.45) is 5.92 Å².